The van der Waals surface area contributed by atoms with Gasteiger partial charge in [0.25, 0.3) is 10.0 Å². The fourth-order valence-electron chi connectivity index (χ4n) is 3.58. The molecule has 0 aliphatic heterocycles. The average Bonchev–Trinajstić information content (AvgIpc) is 2.87. The van der Waals surface area contributed by atoms with Gasteiger partial charge in [-0.3, -0.25) is 13.9 Å². The predicted molar refractivity (Wildman–Crippen MR) is 150 cm³/mol. The highest BCUT2D eigenvalue weighted by molar-refractivity contribution is 9.10. The summed E-state index contributed by atoms with van der Waals surface area (Å²) < 4.78 is 29.3. The number of anilines is 1. The summed E-state index contributed by atoms with van der Waals surface area (Å²) in [4.78, 5) is 27.6. The molecule has 0 spiro atoms. The van der Waals surface area contributed by atoms with E-state index >= 15 is 0 Å². The zero-order chi connectivity index (χ0) is 27.3. The van der Waals surface area contributed by atoms with E-state index in [4.69, 9.17) is 23.2 Å². The second-order valence-electron chi connectivity index (χ2n) is 8.36. The van der Waals surface area contributed by atoms with E-state index in [0.29, 0.717) is 0 Å². The minimum Gasteiger partial charge on any atom is -0.357 e. The number of benzene rings is 3. The molecule has 2 amide bonds. The van der Waals surface area contributed by atoms with Crippen molar-refractivity contribution in [1.82, 2.24) is 10.2 Å². The van der Waals surface area contributed by atoms with E-state index in [-0.39, 0.29) is 33.1 Å². The second-order valence-corrected chi connectivity index (χ2v) is 12.0. The molecule has 37 heavy (non-hydrogen) atoms. The molecule has 0 fully saturated rings. The molecule has 0 saturated heterocycles. The smallest absolute Gasteiger partial charge is 0.264 e. The maximum atomic E-state index is 13.7. The summed E-state index contributed by atoms with van der Waals surface area (Å²) in [6.07, 6.45) is 0. The summed E-state index contributed by atoms with van der Waals surface area (Å²) in [5.74, 6) is -0.950. The monoisotopic (exact) mass is 625 g/mol. The molecule has 0 saturated carbocycles. The van der Waals surface area contributed by atoms with Gasteiger partial charge in [-0.2, -0.15) is 0 Å². The molecule has 0 aliphatic rings. The van der Waals surface area contributed by atoms with Crippen LogP contribution in [-0.2, 0) is 26.2 Å². The van der Waals surface area contributed by atoms with E-state index in [1.54, 1.807) is 19.1 Å². The summed E-state index contributed by atoms with van der Waals surface area (Å²) in [7, 11) is -2.70. The van der Waals surface area contributed by atoms with E-state index in [9.17, 15) is 18.0 Å². The molecule has 0 aliphatic carbocycles. The molecular formula is C26H26BrCl2N3O4S. The number of sulfonamides is 1. The Bertz CT molecular complexity index is 1380. The molecule has 0 heterocycles. The summed E-state index contributed by atoms with van der Waals surface area (Å²) in [5.41, 5.74) is 1.82. The number of halogens is 3. The Balaban J connectivity index is 2.05. The summed E-state index contributed by atoms with van der Waals surface area (Å²) in [6, 6.07) is 17.1. The van der Waals surface area contributed by atoms with Crippen LogP contribution in [-0.4, -0.2) is 44.8 Å². The number of carbonyl (C=O) groups is 2. The zero-order valence-electron chi connectivity index (χ0n) is 20.4. The van der Waals surface area contributed by atoms with Gasteiger partial charge in [0, 0.05) is 18.1 Å². The van der Waals surface area contributed by atoms with E-state index in [1.165, 1.54) is 42.3 Å². The lowest BCUT2D eigenvalue weighted by atomic mass is 10.1. The molecule has 3 aromatic rings. The molecule has 3 rings (SSSR count). The first-order valence-electron chi connectivity index (χ1n) is 11.2. The Labute approximate surface area is 235 Å². The van der Waals surface area contributed by atoms with Gasteiger partial charge in [-0.05, 0) is 61.9 Å². The largest absolute Gasteiger partial charge is 0.357 e. The van der Waals surface area contributed by atoms with Gasteiger partial charge in [0.1, 0.15) is 12.6 Å². The Morgan fingerprint density at radius 2 is 1.59 bits per heavy atom. The van der Waals surface area contributed by atoms with Crippen LogP contribution < -0.4 is 9.62 Å². The molecule has 0 unspecified atom stereocenters. The summed E-state index contributed by atoms with van der Waals surface area (Å²) in [6.45, 7) is 2.97. The Morgan fingerprint density at radius 1 is 0.973 bits per heavy atom. The van der Waals surface area contributed by atoms with Gasteiger partial charge in [-0.1, -0.05) is 69.0 Å². The van der Waals surface area contributed by atoms with Crippen molar-refractivity contribution in [2.45, 2.75) is 31.3 Å². The van der Waals surface area contributed by atoms with E-state index in [2.05, 4.69) is 21.2 Å². The quantitative estimate of drug-likeness (QED) is 0.344. The number of hydrogen-bond acceptors (Lipinski definition) is 4. The highest BCUT2D eigenvalue weighted by atomic mass is 79.9. The van der Waals surface area contributed by atoms with Crippen LogP contribution in [0.2, 0.25) is 10.0 Å². The van der Waals surface area contributed by atoms with Crippen LogP contribution in [0.15, 0.2) is 76.1 Å². The van der Waals surface area contributed by atoms with Crippen molar-refractivity contribution in [3.8, 4) is 0 Å². The summed E-state index contributed by atoms with van der Waals surface area (Å²) in [5, 5.41) is 2.94. The zero-order valence-corrected chi connectivity index (χ0v) is 24.3. The van der Waals surface area contributed by atoms with Gasteiger partial charge >= 0.3 is 0 Å². The van der Waals surface area contributed by atoms with Crippen molar-refractivity contribution in [3.63, 3.8) is 0 Å². The van der Waals surface area contributed by atoms with Gasteiger partial charge in [0.15, 0.2) is 0 Å². The van der Waals surface area contributed by atoms with Gasteiger partial charge < -0.3 is 10.2 Å². The van der Waals surface area contributed by atoms with E-state index in [0.717, 1.165) is 19.9 Å². The Hall–Kier alpha value is -2.59. The first-order chi connectivity index (χ1) is 17.4. The first-order valence-corrected chi connectivity index (χ1v) is 14.2. The van der Waals surface area contributed by atoms with Crippen molar-refractivity contribution >= 4 is 66.7 Å². The fourth-order valence-corrected chi connectivity index (χ4v) is 5.55. The van der Waals surface area contributed by atoms with Crippen molar-refractivity contribution in [1.29, 1.82) is 0 Å². The van der Waals surface area contributed by atoms with Crippen LogP contribution in [0.25, 0.3) is 0 Å². The third-order valence-corrected chi connectivity index (χ3v) is 8.81. The lowest BCUT2D eigenvalue weighted by Crippen LogP contribution is -2.50. The Morgan fingerprint density at radius 3 is 2.16 bits per heavy atom. The molecule has 3 aromatic carbocycles. The summed E-state index contributed by atoms with van der Waals surface area (Å²) >= 11 is 15.6. The number of aryl methyl sites for hydroxylation is 1. The third-order valence-electron chi connectivity index (χ3n) is 5.76. The number of likely N-dealkylation sites (N-methyl/N-ethyl adjacent to an activating group) is 1. The fraction of sp³-hybridized carbons (Fsp3) is 0.231. The maximum absolute atomic E-state index is 13.7. The molecule has 0 bridgehead atoms. The number of nitrogens with zero attached hydrogens (tertiary/aromatic N) is 2. The van der Waals surface area contributed by atoms with E-state index in [1.807, 2.05) is 31.2 Å². The van der Waals surface area contributed by atoms with Gasteiger partial charge in [-0.25, -0.2) is 8.42 Å². The predicted octanol–water partition coefficient (Wildman–Crippen LogP) is 5.42. The number of amides is 2. The number of nitrogens with one attached hydrogen (secondary N) is 1. The van der Waals surface area contributed by atoms with Gasteiger partial charge in [0.2, 0.25) is 11.8 Å². The lowest BCUT2D eigenvalue weighted by molar-refractivity contribution is -0.139. The maximum Gasteiger partial charge on any atom is 0.264 e. The molecule has 196 valence electrons. The van der Waals surface area contributed by atoms with Crippen molar-refractivity contribution in [3.05, 3.63) is 92.4 Å². The number of rotatable bonds is 9. The molecular weight excluding hydrogens is 601 g/mol. The highest BCUT2D eigenvalue weighted by Crippen LogP contribution is 2.31. The standard InChI is InChI=1S/C26H26BrCl2N3O4S/c1-17-4-11-22(12-5-17)37(35,36)32(21-10-13-23(28)24(29)14-21)16-25(33)31(18(2)26(34)30-3)15-19-6-8-20(27)9-7-19/h4-14,18H,15-16H2,1-3H3,(H,30,34)/t18-/m1/s1. The molecule has 11 heteroatoms. The van der Waals surface area contributed by atoms with Crippen LogP contribution in [0.4, 0.5) is 5.69 Å². The van der Waals surface area contributed by atoms with Gasteiger partial charge in [0.05, 0.1) is 20.6 Å². The Kier molecular flexibility index (Phi) is 9.63. The SMILES string of the molecule is CNC(=O)[C@@H](C)N(Cc1ccc(Br)cc1)C(=O)CN(c1ccc(Cl)c(Cl)c1)S(=O)(=O)c1ccc(C)cc1. The third kappa shape index (κ3) is 7.04. The van der Waals surface area contributed by atoms with Crippen LogP contribution in [0.3, 0.4) is 0 Å². The van der Waals surface area contributed by atoms with Crippen LogP contribution in [0.5, 0.6) is 0 Å². The lowest BCUT2D eigenvalue weighted by Gasteiger charge is -2.32. The van der Waals surface area contributed by atoms with Crippen LogP contribution >= 0.6 is 39.1 Å². The minimum absolute atomic E-state index is 0.00998. The van der Waals surface area contributed by atoms with Crippen molar-refractivity contribution in [2.75, 3.05) is 17.9 Å². The number of carbonyl (C=O) groups excluding carboxylic acids is 2. The number of hydrogen-bond donors (Lipinski definition) is 1. The van der Waals surface area contributed by atoms with Crippen LogP contribution in [0, 0.1) is 6.92 Å². The molecule has 0 radical (unpaired) electrons. The van der Waals surface area contributed by atoms with Gasteiger partial charge in [-0.15, -0.1) is 0 Å². The average molecular weight is 627 g/mol. The highest BCUT2D eigenvalue weighted by Gasteiger charge is 2.32. The van der Waals surface area contributed by atoms with Crippen LogP contribution in [0.1, 0.15) is 18.1 Å². The first kappa shape index (κ1) is 29.0. The second kappa shape index (κ2) is 12.3. The topological polar surface area (TPSA) is 86.8 Å². The van der Waals surface area contributed by atoms with Crippen molar-refractivity contribution in [2.24, 2.45) is 0 Å². The van der Waals surface area contributed by atoms with Crippen molar-refractivity contribution < 1.29 is 18.0 Å². The normalized spacial score (nSPS) is 12.1. The molecule has 0 aromatic heterocycles. The molecule has 1 N–H and O–H groups in total. The minimum atomic E-state index is -4.18. The molecule has 1 atom stereocenters. The van der Waals surface area contributed by atoms with E-state index < -0.39 is 28.5 Å². The molecule has 7 nitrogen and oxygen atoms in total.